The minimum absolute atomic E-state index is 0.206. The molecule has 1 heterocycles. The van der Waals surface area contributed by atoms with E-state index in [0.717, 1.165) is 27.1 Å². The number of benzene rings is 3. The van der Waals surface area contributed by atoms with Crippen LogP contribution in [0.1, 0.15) is 5.56 Å². The molecule has 3 heteroatoms. The van der Waals surface area contributed by atoms with Crippen LogP contribution < -0.4 is 0 Å². The molecule has 0 aliphatic rings. The lowest BCUT2D eigenvalue weighted by molar-refractivity contribution is 0.476. The van der Waals surface area contributed by atoms with Gasteiger partial charge in [-0.25, -0.2) is 4.85 Å². The number of nitrogens with zero attached hydrogens (tertiary/aromatic N) is 1. The summed E-state index contributed by atoms with van der Waals surface area (Å²) in [6.07, 6.45) is 0. The molecule has 0 amide bonds. The Kier molecular flexibility index (Phi) is 2.25. The van der Waals surface area contributed by atoms with Gasteiger partial charge in [0.15, 0.2) is 0 Å². The maximum Gasteiger partial charge on any atom is 0.229 e. The number of hydrogen-bond acceptors (Lipinski definition) is 2. The molecule has 100 valence electrons. The van der Waals surface area contributed by atoms with Crippen molar-refractivity contribution in [2.75, 3.05) is 0 Å². The highest BCUT2D eigenvalue weighted by Crippen LogP contribution is 2.39. The van der Waals surface area contributed by atoms with E-state index >= 15 is 0 Å². The normalized spacial score (nSPS) is 11.2. The van der Waals surface area contributed by atoms with Crippen LogP contribution in [0.15, 0.2) is 46.9 Å². The number of aryl methyl sites for hydroxylation is 1. The number of fused-ring (bicyclic) bond motifs is 5. The number of phenolic OH excluding ortho intramolecular Hbond substituents is 1. The Morgan fingerprint density at radius 3 is 2.57 bits per heavy atom. The summed E-state index contributed by atoms with van der Waals surface area (Å²) in [7, 11) is 0. The summed E-state index contributed by atoms with van der Waals surface area (Å²) in [5.74, 6) is 0.206. The van der Waals surface area contributed by atoms with Gasteiger partial charge in [-0.2, -0.15) is 0 Å². The quantitative estimate of drug-likeness (QED) is 0.441. The van der Waals surface area contributed by atoms with Crippen LogP contribution in [0, 0.1) is 13.5 Å². The van der Waals surface area contributed by atoms with Gasteiger partial charge in [-0.3, -0.25) is 0 Å². The van der Waals surface area contributed by atoms with Gasteiger partial charge < -0.3 is 9.52 Å². The minimum atomic E-state index is 0.206. The lowest BCUT2D eigenvalue weighted by Crippen LogP contribution is -1.74. The summed E-state index contributed by atoms with van der Waals surface area (Å²) >= 11 is 0. The van der Waals surface area contributed by atoms with Crippen molar-refractivity contribution < 1.29 is 9.52 Å². The van der Waals surface area contributed by atoms with Crippen molar-refractivity contribution in [1.82, 2.24) is 0 Å². The van der Waals surface area contributed by atoms with Gasteiger partial charge in [-0.1, -0.05) is 23.8 Å². The molecule has 0 bridgehead atoms. The SMILES string of the molecule is [C-]#[N+]c1cc(C)cc2c1oc1c3cc(O)ccc3ccc21. The average molecular weight is 273 g/mol. The largest absolute Gasteiger partial charge is 0.508 e. The van der Waals surface area contributed by atoms with Crippen LogP contribution >= 0.6 is 0 Å². The fraction of sp³-hybridized carbons (Fsp3) is 0.0556. The maximum atomic E-state index is 9.72. The van der Waals surface area contributed by atoms with Gasteiger partial charge in [0.2, 0.25) is 5.69 Å². The number of furan rings is 1. The van der Waals surface area contributed by atoms with E-state index in [9.17, 15) is 5.11 Å². The number of hydrogen-bond donors (Lipinski definition) is 1. The third kappa shape index (κ3) is 1.60. The van der Waals surface area contributed by atoms with Crippen LogP contribution in [-0.4, -0.2) is 5.11 Å². The van der Waals surface area contributed by atoms with Gasteiger partial charge in [-0.05, 0) is 36.6 Å². The Balaban J connectivity index is 2.29. The van der Waals surface area contributed by atoms with E-state index in [1.807, 2.05) is 37.3 Å². The highest BCUT2D eigenvalue weighted by Gasteiger charge is 2.14. The van der Waals surface area contributed by atoms with E-state index in [1.165, 1.54) is 0 Å². The fourth-order valence-electron chi connectivity index (χ4n) is 2.85. The molecule has 3 nitrogen and oxygen atoms in total. The Labute approximate surface area is 120 Å². The van der Waals surface area contributed by atoms with Crippen molar-refractivity contribution in [2.24, 2.45) is 0 Å². The predicted molar refractivity (Wildman–Crippen MR) is 83.9 cm³/mol. The number of phenols is 1. The van der Waals surface area contributed by atoms with Gasteiger partial charge >= 0.3 is 0 Å². The van der Waals surface area contributed by atoms with E-state index in [1.54, 1.807) is 12.1 Å². The highest BCUT2D eigenvalue weighted by atomic mass is 16.3. The Hall–Kier alpha value is -2.99. The average Bonchev–Trinajstić information content (AvgIpc) is 2.85. The second-order valence-electron chi connectivity index (χ2n) is 5.22. The smallest absolute Gasteiger partial charge is 0.229 e. The molecule has 21 heavy (non-hydrogen) atoms. The van der Waals surface area contributed by atoms with Crippen LogP contribution in [0.2, 0.25) is 0 Å². The van der Waals surface area contributed by atoms with Gasteiger partial charge in [0.05, 0.1) is 6.57 Å². The van der Waals surface area contributed by atoms with E-state index in [0.29, 0.717) is 16.9 Å². The predicted octanol–water partition coefficient (Wildman–Crippen LogP) is 5.30. The second-order valence-corrected chi connectivity index (χ2v) is 5.22. The zero-order valence-electron chi connectivity index (χ0n) is 11.3. The van der Waals surface area contributed by atoms with Crippen LogP contribution in [0.4, 0.5) is 5.69 Å². The molecule has 0 atom stereocenters. The highest BCUT2D eigenvalue weighted by molar-refractivity contribution is 6.17. The molecule has 0 aliphatic heterocycles. The fourth-order valence-corrected chi connectivity index (χ4v) is 2.85. The molecular formula is C18H11NO2. The summed E-state index contributed by atoms with van der Waals surface area (Å²) in [5.41, 5.74) is 2.89. The van der Waals surface area contributed by atoms with E-state index in [-0.39, 0.29) is 5.75 Å². The standard InChI is InChI=1S/C18H11NO2/c1-10-7-15-13-6-4-11-3-5-12(20)9-14(11)17(13)21-18(15)16(8-10)19-2/h3-9,20H,1H3. The first kappa shape index (κ1) is 11.8. The molecule has 0 aliphatic carbocycles. The van der Waals surface area contributed by atoms with Crippen molar-refractivity contribution in [1.29, 1.82) is 0 Å². The minimum Gasteiger partial charge on any atom is -0.508 e. The Morgan fingerprint density at radius 2 is 1.76 bits per heavy atom. The van der Waals surface area contributed by atoms with Crippen LogP contribution in [0.5, 0.6) is 5.75 Å². The van der Waals surface area contributed by atoms with E-state index in [4.69, 9.17) is 11.0 Å². The van der Waals surface area contributed by atoms with Gasteiger partial charge in [-0.15, -0.1) is 0 Å². The molecule has 1 N–H and O–H groups in total. The van der Waals surface area contributed by atoms with Crippen molar-refractivity contribution in [2.45, 2.75) is 6.92 Å². The molecule has 0 fully saturated rings. The number of rotatable bonds is 0. The van der Waals surface area contributed by atoms with Gasteiger partial charge in [0.25, 0.3) is 0 Å². The third-order valence-electron chi connectivity index (χ3n) is 3.78. The van der Waals surface area contributed by atoms with Crippen molar-refractivity contribution >= 4 is 38.4 Å². The van der Waals surface area contributed by atoms with Crippen LogP contribution in [0.25, 0.3) is 37.6 Å². The van der Waals surface area contributed by atoms with E-state index in [2.05, 4.69) is 4.85 Å². The molecule has 3 aromatic carbocycles. The molecule has 0 saturated heterocycles. The first-order valence-electron chi connectivity index (χ1n) is 6.63. The zero-order chi connectivity index (χ0) is 14.6. The topological polar surface area (TPSA) is 37.7 Å². The monoisotopic (exact) mass is 273 g/mol. The molecule has 4 rings (SSSR count). The molecule has 0 unspecified atom stereocenters. The summed E-state index contributed by atoms with van der Waals surface area (Å²) in [6.45, 7) is 9.29. The third-order valence-corrected chi connectivity index (χ3v) is 3.78. The van der Waals surface area contributed by atoms with Gasteiger partial charge in [0, 0.05) is 16.2 Å². The van der Waals surface area contributed by atoms with Crippen molar-refractivity contribution in [3.05, 3.63) is 59.4 Å². The summed E-state index contributed by atoms with van der Waals surface area (Å²) in [4.78, 5) is 3.56. The summed E-state index contributed by atoms with van der Waals surface area (Å²) in [5, 5.41) is 13.5. The molecule has 1 aromatic heterocycles. The first-order chi connectivity index (χ1) is 10.2. The van der Waals surface area contributed by atoms with E-state index < -0.39 is 0 Å². The van der Waals surface area contributed by atoms with Crippen molar-refractivity contribution in [3.8, 4) is 5.75 Å². The molecular weight excluding hydrogens is 262 g/mol. The molecule has 4 aromatic rings. The van der Waals surface area contributed by atoms with Crippen LogP contribution in [0.3, 0.4) is 0 Å². The Bertz CT molecular complexity index is 1070. The number of aromatic hydroxyl groups is 1. The summed E-state index contributed by atoms with van der Waals surface area (Å²) < 4.78 is 5.97. The van der Waals surface area contributed by atoms with Gasteiger partial charge in [0.1, 0.15) is 16.9 Å². The lowest BCUT2D eigenvalue weighted by atomic mass is 10.0. The zero-order valence-corrected chi connectivity index (χ0v) is 11.3. The molecule has 0 spiro atoms. The van der Waals surface area contributed by atoms with Crippen molar-refractivity contribution in [3.63, 3.8) is 0 Å². The molecule has 0 radical (unpaired) electrons. The van der Waals surface area contributed by atoms with Crippen LogP contribution in [-0.2, 0) is 0 Å². The summed E-state index contributed by atoms with van der Waals surface area (Å²) in [6, 6.07) is 13.1. The first-order valence-corrected chi connectivity index (χ1v) is 6.63. The second kappa shape index (κ2) is 4.00. The Morgan fingerprint density at radius 1 is 0.952 bits per heavy atom. The molecule has 0 saturated carbocycles. The maximum absolute atomic E-state index is 9.72. The lowest BCUT2D eigenvalue weighted by Gasteiger charge is -1.99.